The smallest absolute Gasteiger partial charge is 0.254 e. The largest absolute Gasteiger partial charge is 0.493 e. The molecule has 23 heavy (non-hydrogen) atoms. The topological polar surface area (TPSA) is 64.8 Å². The van der Waals surface area contributed by atoms with Crippen LogP contribution in [-0.2, 0) is 0 Å². The second kappa shape index (κ2) is 7.21. The molecule has 0 bridgehead atoms. The van der Waals surface area contributed by atoms with E-state index in [1.807, 2.05) is 17.0 Å². The second-order valence-electron chi connectivity index (χ2n) is 6.54. The van der Waals surface area contributed by atoms with Gasteiger partial charge in [-0.25, -0.2) is 0 Å². The lowest BCUT2D eigenvalue weighted by atomic mass is 10.1. The summed E-state index contributed by atoms with van der Waals surface area (Å²) in [7, 11) is 1.61. The van der Waals surface area contributed by atoms with Crippen molar-refractivity contribution in [1.29, 1.82) is 0 Å². The quantitative estimate of drug-likeness (QED) is 0.927. The molecule has 1 unspecified atom stereocenters. The number of hydrogen-bond donors (Lipinski definition) is 1. The molecule has 0 radical (unpaired) electrons. The molecule has 0 spiro atoms. The van der Waals surface area contributed by atoms with E-state index >= 15 is 0 Å². The van der Waals surface area contributed by atoms with Crippen molar-refractivity contribution < 1.29 is 14.3 Å². The zero-order valence-corrected chi connectivity index (χ0v) is 13.8. The summed E-state index contributed by atoms with van der Waals surface area (Å²) in [5.41, 5.74) is 6.61. The summed E-state index contributed by atoms with van der Waals surface area (Å²) >= 11 is 0. The Hall–Kier alpha value is -1.75. The first kappa shape index (κ1) is 16.1. The number of ether oxygens (including phenoxy) is 2. The number of nitrogens with zero attached hydrogens (tertiary/aromatic N) is 1. The van der Waals surface area contributed by atoms with E-state index in [1.54, 1.807) is 13.2 Å². The fourth-order valence-corrected chi connectivity index (χ4v) is 3.46. The van der Waals surface area contributed by atoms with Crippen LogP contribution in [0.2, 0.25) is 0 Å². The van der Waals surface area contributed by atoms with Gasteiger partial charge in [-0.1, -0.05) is 0 Å². The Labute approximate surface area is 137 Å². The van der Waals surface area contributed by atoms with Crippen molar-refractivity contribution in [2.75, 3.05) is 20.2 Å². The summed E-state index contributed by atoms with van der Waals surface area (Å²) < 4.78 is 11.5. The van der Waals surface area contributed by atoms with Crippen LogP contribution in [0.25, 0.3) is 0 Å². The Morgan fingerprint density at radius 2 is 1.96 bits per heavy atom. The van der Waals surface area contributed by atoms with Crippen LogP contribution in [0.1, 0.15) is 48.9 Å². The lowest BCUT2D eigenvalue weighted by molar-refractivity contribution is 0.0708. The lowest BCUT2D eigenvalue weighted by Gasteiger charge is -2.31. The minimum absolute atomic E-state index is 0.0193. The van der Waals surface area contributed by atoms with E-state index in [2.05, 4.69) is 0 Å². The van der Waals surface area contributed by atoms with Crippen molar-refractivity contribution in [3.63, 3.8) is 0 Å². The van der Waals surface area contributed by atoms with Crippen LogP contribution in [0.3, 0.4) is 0 Å². The summed E-state index contributed by atoms with van der Waals surface area (Å²) in [5.74, 6) is 1.38. The van der Waals surface area contributed by atoms with Crippen molar-refractivity contribution in [3.8, 4) is 11.5 Å². The third kappa shape index (κ3) is 3.78. The second-order valence-corrected chi connectivity index (χ2v) is 6.54. The minimum Gasteiger partial charge on any atom is -0.493 e. The van der Waals surface area contributed by atoms with E-state index in [9.17, 15) is 4.79 Å². The zero-order chi connectivity index (χ0) is 16.2. The predicted octanol–water partition coefficient (Wildman–Crippen LogP) is 2.58. The molecule has 5 nitrogen and oxygen atoms in total. The number of piperidine rings is 1. The highest BCUT2D eigenvalue weighted by Gasteiger charge is 2.24. The molecule has 1 saturated carbocycles. The molecule has 1 saturated heterocycles. The molecule has 1 aliphatic heterocycles. The third-order valence-electron chi connectivity index (χ3n) is 4.75. The predicted molar refractivity (Wildman–Crippen MR) is 89.0 cm³/mol. The van der Waals surface area contributed by atoms with Crippen LogP contribution >= 0.6 is 0 Å². The first-order chi connectivity index (χ1) is 11.2. The van der Waals surface area contributed by atoms with Gasteiger partial charge in [0.2, 0.25) is 0 Å². The molecule has 2 N–H and O–H groups in total. The molecule has 2 fully saturated rings. The highest BCUT2D eigenvalue weighted by Crippen LogP contribution is 2.32. The third-order valence-corrected chi connectivity index (χ3v) is 4.75. The number of likely N-dealkylation sites (tertiary alicyclic amines) is 1. The van der Waals surface area contributed by atoms with E-state index in [4.69, 9.17) is 15.2 Å². The summed E-state index contributed by atoms with van der Waals surface area (Å²) in [6.07, 6.45) is 6.85. The number of hydrogen-bond acceptors (Lipinski definition) is 4. The number of carbonyl (C=O) groups excluding carboxylic acids is 1. The van der Waals surface area contributed by atoms with Gasteiger partial charge in [-0.2, -0.15) is 0 Å². The van der Waals surface area contributed by atoms with Gasteiger partial charge in [0.1, 0.15) is 0 Å². The number of methoxy groups -OCH3 is 1. The number of amides is 1. The monoisotopic (exact) mass is 318 g/mol. The van der Waals surface area contributed by atoms with Gasteiger partial charge >= 0.3 is 0 Å². The van der Waals surface area contributed by atoms with Gasteiger partial charge in [-0.05, 0) is 56.7 Å². The Balaban J connectivity index is 1.73. The van der Waals surface area contributed by atoms with Crippen molar-refractivity contribution in [2.24, 2.45) is 5.73 Å². The molecule has 3 rings (SSSR count). The number of nitrogens with two attached hydrogens (primary N) is 1. The fourth-order valence-electron chi connectivity index (χ4n) is 3.46. The molecule has 1 aliphatic carbocycles. The molecular formula is C18H26N2O3. The van der Waals surface area contributed by atoms with E-state index in [1.165, 1.54) is 12.8 Å². The Bertz CT molecular complexity index is 555. The van der Waals surface area contributed by atoms with Crippen LogP contribution in [0.4, 0.5) is 0 Å². The summed E-state index contributed by atoms with van der Waals surface area (Å²) in [6, 6.07) is 5.55. The Morgan fingerprint density at radius 3 is 2.65 bits per heavy atom. The molecule has 1 aromatic carbocycles. The molecule has 2 aliphatic rings. The van der Waals surface area contributed by atoms with Crippen molar-refractivity contribution in [3.05, 3.63) is 23.8 Å². The fraction of sp³-hybridized carbons (Fsp3) is 0.611. The van der Waals surface area contributed by atoms with Crippen LogP contribution < -0.4 is 15.2 Å². The maximum Gasteiger partial charge on any atom is 0.254 e. The maximum absolute atomic E-state index is 12.6. The molecule has 0 aromatic heterocycles. The van der Waals surface area contributed by atoms with E-state index in [-0.39, 0.29) is 18.1 Å². The average molecular weight is 318 g/mol. The van der Waals surface area contributed by atoms with Gasteiger partial charge in [0, 0.05) is 24.7 Å². The first-order valence-corrected chi connectivity index (χ1v) is 8.57. The summed E-state index contributed by atoms with van der Waals surface area (Å²) in [5, 5.41) is 0. The van der Waals surface area contributed by atoms with Gasteiger partial charge in [0.15, 0.2) is 11.5 Å². The van der Waals surface area contributed by atoms with Crippen LogP contribution in [0, 0.1) is 0 Å². The lowest BCUT2D eigenvalue weighted by Crippen LogP contribution is -2.45. The standard InChI is InChI=1S/C18H26N2O3/c1-22-17-11-13(18(21)20-10-4-5-14(19)12-20)8-9-16(17)23-15-6-2-3-7-15/h8-9,11,14-15H,2-7,10,12,19H2,1H3. The highest BCUT2D eigenvalue weighted by atomic mass is 16.5. The SMILES string of the molecule is COc1cc(C(=O)N2CCCC(N)C2)ccc1OC1CCCC1. The normalized spacial score (nSPS) is 22.2. The molecule has 1 amide bonds. The molecule has 1 heterocycles. The Morgan fingerprint density at radius 1 is 1.17 bits per heavy atom. The van der Waals surface area contributed by atoms with Crippen LogP contribution in [0.5, 0.6) is 11.5 Å². The molecule has 1 atom stereocenters. The molecule has 1 aromatic rings. The average Bonchev–Trinajstić information content (AvgIpc) is 3.07. The van der Waals surface area contributed by atoms with Crippen LogP contribution in [-0.4, -0.2) is 43.2 Å². The van der Waals surface area contributed by atoms with Gasteiger partial charge in [-0.3, -0.25) is 4.79 Å². The van der Waals surface area contributed by atoms with Crippen molar-refractivity contribution >= 4 is 5.91 Å². The molecule has 5 heteroatoms. The van der Waals surface area contributed by atoms with Crippen molar-refractivity contribution in [2.45, 2.75) is 50.7 Å². The number of carbonyl (C=O) groups is 1. The highest BCUT2D eigenvalue weighted by molar-refractivity contribution is 5.95. The van der Waals surface area contributed by atoms with Gasteiger partial charge in [-0.15, -0.1) is 0 Å². The summed E-state index contributed by atoms with van der Waals surface area (Å²) in [4.78, 5) is 14.5. The van der Waals surface area contributed by atoms with E-state index in [0.717, 1.165) is 38.0 Å². The molecule has 126 valence electrons. The number of rotatable bonds is 4. The molecular weight excluding hydrogens is 292 g/mol. The van der Waals surface area contributed by atoms with E-state index in [0.29, 0.717) is 17.9 Å². The van der Waals surface area contributed by atoms with Crippen molar-refractivity contribution in [1.82, 2.24) is 4.90 Å². The van der Waals surface area contributed by atoms with Gasteiger partial charge in [0.25, 0.3) is 5.91 Å². The maximum atomic E-state index is 12.6. The first-order valence-electron chi connectivity index (χ1n) is 8.57. The van der Waals surface area contributed by atoms with Gasteiger partial charge in [0.05, 0.1) is 13.2 Å². The Kier molecular flexibility index (Phi) is 5.06. The zero-order valence-electron chi connectivity index (χ0n) is 13.8. The number of benzene rings is 1. The minimum atomic E-state index is 0.0193. The van der Waals surface area contributed by atoms with Crippen LogP contribution in [0.15, 0.2) is 18.2 Å². The van der Waals surface area contributed by atoms with E-state index < -0.39 is 0 Å². The van der Waals surface area contributed by atoms with Gasteiger partial charge < -0.3 is 20.1 Å². The summed E-state index contributed by atoms with van der Waals surface area (Å²) in [6.45, 7) is 1.40.